The Kier molecular flexibility index (Phi) is 3.10. The zero-order valence-corrected chi connectivity index (χ0v) is 9.98. The molecule has 0 amide bonds. The second-order valence-corrected chi connectivity index (χ2v) is 3.70. The van der Waals surface area contributed by atoms with Gasteiger partial charge in [-0.2, -0.15) is 0 Å². The number of hydrogen-bond donors (Lipinski definition) is 1. The van der Waals surface area contributed by atoms with E-state index in [2.05, 4.69) is 10.3 Å². The molecule has 1 unspecified atom stereocenters. The van der Waals surface area contributed by atoms with Gasteiger partial charge in [-0.1, -0.05) is 6.07 Å². The average Bonchev–Trinajstić information content (AvgIpc) is 2.69. The third-order valence-electron chi connectivity index (χ3n) is 2.58. The number of aryl methyl sites for hydroxylation is 1. The van der Waals surface area contributed by atoms with E-state index in [1.807, 2.05) is 12.1 Å². The summed E-state index contributed by atoms with van der Waals surface area (Å²) in [6.07, 6.45) is 0. The third kappa shape index (κ3) is 2.14. The number of oxazole rings is 1. The van der Waals surface area contributed by atoms with Gasteiger partial charge in [-0.05, 0) is 24.7 Å². The van der Waals surface area contributed by atoms with Crippen molar-refractivity contribution in [2.24, 2.45) is 0 Å². The van der Waals surface area contributed by atoms with Gasteiger partial charge in [-0.15, -0.1) is 0 Å². The highest BCUT2D eigenvalue weighted by molar-refractivity contribution is 5.80. The molecule has 90 valence electrons. The first-order valence-electron chi connectivity index (χ1n) is 5.28. The first-order valence-corrected chi connectivity index (χ1v) is 5.28. The van der Waals surface area contributed by atoms with E-state index >= 15 is 0 Å². The predicted octanol–water partition coefficient (Wildman–Crippen LogP) is 1.57. The summed E-state index contributed by atoms with van der Waals surface area (Å²) in [5.41, 5.74) is 2.25. The molecule has 0 saturated heterocycles. The fourth-order valence-corrected chi connectivity index (χ4v) is 1.77. The van der Waals surface area contributed by atoms with Crippen LogP contribution in [0.2, 0.25) is 0 Å². The van der Waals surface area contributed by atoms with Gasteiger partial charge in [-0.25, -0.2) is 9.78 Å². The van der Waals surface area contributed by atoms with Crippen molar-refractivity contribution in [3.8, 4) is 0 Å². The van der Waals surface area contributed by atoms with E-state index in [1.165, 1.54) is 7.11 Å². The normalized spacial score (nSPS) is 12.6. The minimum absolute atomic E-state index is 0.330. The quantitative estimate of drug-likeness (QED) is 0.817. The molecule has 0 aliphatic heterocycles. The van der Waals surface area contributed by atoms with E-state index in [4.69, 9.17) is 9.15 Å². The number of nitrogens with zero attached hydrogens (tertiary/aromatic N) is 1. The summed E-state index contributed by atoms with van der Waals surface area (Å²) in [7, 11) is 3.07. The molecule has 1 aromatic heterocycles. The molecule has 0 spiro atoms. The number of esters is 1. The first-order chi connectivity index (χ1) is 8.15. The van der Waals surface area contributed by atoms with Gasteiger partial charge >= 0.3 is 5.97 Å². The number of hydrogen-bond acceptors (Lipinski definition) is 5. The number of aromatic nitrogens is 1. The number of rotatable bonds is 3. The number of fused-ring (bicyclic) bond motifs is 1. The van der Waals surface area contributed by atoms with Crippen molar-refractivity contribution in [2.45, 2.75) is 13.0 Å². The van der Waals surface area contributed by atoms with Crippen LogP contribution in [0.5, 0.6) is 0 Å². The predicted molar refractivity (Wildman–Crippen MR) is 62.6 cm³/mol. The molecule has 0 radical (unpaired) electrons. The molecule has 0 saturated carbocycles. The van der Waals surface area contributed by atoms with Gasteiger partial charge in [0, 0.05) is 6.92 Å². The molecular weight excluding hydrogens is 220 g/mol. The summed E-state index contributed by atoms with van der Waals surface area (Å²) in [6.45, 7) is 1.79. The fourth-order valence-electron chi connectivity index (χ4n) is 1.77. The summed E-state index contributed by atoms with van der Waals surface area (Å²) in [5.74, 6) is 0.277. The third-order valence-corrected chi connectivity index (χ3v) is 2.58. The van der Waals surface area contributed by atoms with Crippen LogP contribution in [0.1, 0.15) is 17.5 Å². The Hall–Kier alpha value is -1.88. The van der Waals surface area contributed by atoms with Crippen LogP contribution in [0.4, 0.5) is 0 Å². The number of ether oxygens (including phenoxy) is 1. The van der Waals surface area contributed by atoms with Crippen LogP contribution >= 0.6 is 0 Å². The van der Waals surface area contributed by atoms with Crippen LogP contribution in [-0.4, -0.2) is 25.1 Å². The van der Waals surface area contributed by atoms with Crippen molar-refractivity contribution in [1.82, 2.24) is 10.3 Å². The molecule has 0 aliphatic carbocycles. The zero-order chi connectivity index (χ0) is 12.4. The number of nitrogens with one attached hydrogen (secondary N) is 1. The lowest BCUT2D eigenvalue weighted by molar-refractivity contribution is -0.143. The minimum Gasteiger partial charge on any atom is -0.468 e. The number of carbonyl (C=O) groups excluding carboxylic acids is 1. The maximum atomic E-state index is 11.6. The van der Waals surface area contributed by atoms with Crippen molar-refractivity contribution < 1.29 is 13.9 Å². The highest BCUT2D eigenvalue weighted by Crippen LogP contribution is 2.21. The van der Waals surface area contributed by atoms with Gasteiger partial charge in [0.25, 0.3) is 0 Å². The zero-order valence-electron chi connectivity index (χ0n) is 9.98. The molecule has 5 nitrogen and oxygen atoms in total. The van der Waals surface area contributed by atoms with Crippen LogP contribution in [0.15, 0.2) is 22.6 Å². The number of carbonyl (C=O) groups is 1. The second kappa shape index (κ2) is 4.55. The number of likely N-dealkylation sites (N-methyl/N-ethyl adjacent to an activating group) is 1. The van der Waals surface area contributed by atoms with E-state index < -0.39 is 6.04 Å². The molecule has 1 aromatic carbocycles. The van der Waals surface area contributed by atoms with Crippen LogP contribution in [0.3, 0.4) is 0 Å². The smallest absolute Gasteiger partial charge is 0.327 e. The van der Waals surface area contributed by atoms with Gasteiger partial charge < -0.3 is 14.5 Å². The SMILES string of the molecule is CNC(C(=O)OC)c1ccc2nc(C)oc2c1. The summed E-state index contributed by atoms with van der Waals surface area (Å²) in [4.78, 5) is 15.8. The minimum atomic E-state index is -0.491. The number of benzene rings is 1. The van der Waals surface area contributed by atoms with E-state index in [-0.39, 0.29) is 5.97 Å². The van der Waals surface area contributed by atoms with Gasteiger partial charge in [0.15, 0.2) is 11.5 Å². The Morgan fingerprint density at radius 3 is 2.94 bits per heavy atom. The highest BCUT2D eigenvalue weighted by Gasteiger charge is 2.20. The van der Waals surface area contributed by atoms with Crippen molar-refractivity contribution in [3.63, 3.8) is 0 Å². The van der Waals surface area contributed by atoms with E-state index in [0.717, 1.165) is 11.1 Å². The van der Waals surface area contributed by atoms with Crippen LogP contribution < -0.4 is 5.32 Å². The van der Waals surface area contributed by atoms with Gasteiger partial charge in [0.2, 0.25) is 0 Å². The maximum Gasteiger partial charge on any atom is 0.327 e. The molecule has 1 atom stereocenters. The van der Waals surface area contributed by atoms with Crippen LogP contribution in [0.25, 0.3) is 11.1 Å². The van der Waals surface area contributed by atoms with Crippen molar-refractivity contribution in [1.29, 1.82) is 0 Å². The molecule has 2 rings (SSSR count). The fraction of sp³-hybridized carbons (Fsp3) is 0.333. The number of methoxy groups -OCH3 is 1. The molecule has 1 N–H and O–H groups in total. The Bertz CT molecular complexity index is 548. The van der Waals surface area contributed by atoms with E-state index in [9.17, 15) is 4.79 Å². The Morgan fingerprint density at radius 2 is 2.29 bits per heavy atom. The first kappa shape index (κ1) is 11.6. The lowest BCUT2D eigenvalue weighted by Crippen LogP contribution is -2.26. The summed E-state index contributed by atoms with van der Waals surface area (Å²) in [6, 6.07) is 4.97. The molecule has 5 heteroatoms. The van der Waals surface area contributed by atoms with Gasteiger partial charge in [0.05, 0.1) is 7.11 Å². The molecule has 17 heavy (non-hydrogen) atoms. The molecular formula is C12H14N2O3. The maximum absolute atomic E-state index is 11.6. The monoisotopic (exact) mass is 234 g/mol. The van der Waals surface area contributed by atoms with Gasteiger partial charge in [0.1, 0.15) is 11.6 Å². The van der Waals surface area contributed by atoms with Crippen molar-refractivity contribution >= 4 is 17.1 Å². The van der Waals surface area contributed by atoms with E-state index in [0.29, 0.717) is 11.5 Å². The standard InChI is InChI=1S/C12H14N2O3/c1-7-14-9-5-4-8(6-10(9)17-7)11(13-2)12(15)16-3/h4-6,11,13H,1-3H3. The average molecular weight is 234 g/mol. The summed E-state index contributed by atoms with van der Waals surface area (Å²) in [5, 5.41) is 2.90. The topological polar surface area (TPSA) is 64.4 Å². The van der Waals surface area contributed by atoms with Crippen LogP contribution in [0, 0.1) is 6.92 Å². The lowest BCUT2D eigenvalue weighted by atomic mass is 10.1. The van der Waals surface area contributed by atoms with E-state index in [1.54, 1.807) is 20.0 Å². The van der Waals surface area contributed by atoms with Crippen molar-refractivity contribution in [3.05, 3.63) is 29.7 Å². The summed E-state index contributed by atoms with van der Waals surface area (Å²) >= 11 is 0. The van der Waals surface area contributed by atoms with Gasteiger partial charge in [-0.3, -0.25) is 0 Å². The van der Waals surface area contributed by atoms with Crippen molar-refractivity contribution in [2.75, 3.05) is 14.2 Å². The second-order valence-electron chi connectivity index (χ2n) is 3.70. The Labute approximate surface area is 98.8 Å². The molecule has 0 fully saturated rings. The Morgan fingerprint density at radius 1 is 1.53 bits per heavy atom. The Balaban J connectivity index is 2.43. The molecule has 1 heterocycles. The summed E-state index contributed by atoms with van der Waals surface area (Å²) < 4.78 is 10.2. The highest BCUT2D eigenvalue weighted by atomic mass is 16.5. The molecule has 2 aromatic rings. The molecule has 0 aliphatic rings. The molecule has 0 bridgehead atoms. The van der Waals surface area contributed by atoms with Crippen LogP contribution in [-0.2, 0) is 9.53 Å². The lowest BCUT2D eigenvalue weighted by Gasteiger charge is -2.13. The largest absolute Gasteiger partial charge is 0.468 e.